The summed E-state index contributed by atoms with van der Waals surface area (Å²) in [4.78, 5) is 36.6. The number of ketones is 1. The van der Waals surface area contributed by atoms with Crippen LogP contribution in [0.25, 0.3) is 0 Å². The predicted octanol–water partition coefficient (Wildman–Crippen LogP) is 1.38. The minimum atomic E-state index is -3.97. The molecule has 1 N–H and O–H groups in total. The van der Waals surface area contributed by atoms with Crippen molar-refractivity contribution in [2.75, 3.05) is 27.3 Å². The summed E-state index contributed by atoms with van der Waals surface area (Å²) >= 11 is 0. The van der Waals surface area contributed by atoms with Gasteiger partial charge in [-0.2, -0.15) is 4.72 Å². The smallest absolute Gasteiger partial charge is 0.321 e. The number of Topliss-reactive ketones (excluding diaryl/α,β-unsaturated/α-hetero) is 1. The third-order valence-corrected chi connectivity index (χ3v) is 5.78. The molecule has 0 unspecified atom stereocenters. The number of nitrogens with one attached hydrogen (secondary N) is 1. The summed E-state index contributed by atoms with van der Waals surface area (Å²) in [5.74, 6) is -0.921. The lowest BCUT2D eigenvalue weighted by atomic mass is 10.2. The third kappa shape index (κ3) is 6.90. The Labute approximate surface area is 181 Å². The van der Waals surface area contributed by atoms with E-state index in [2.05, 4.69) is 4.72 Å². The molecule has 2 aromatic carbocycles. The molecule has 31 heavy (non-hydrogen) atoms. The summed E-state index contributed by atoms with van der Waals surface area (Å²) in [6.07, 6.45) is 0. The second kappa shape index (κ2) is 10.7. The second-order valence-corrected chi connectivity index (χ2v) is 8.39. The number of hydrogen-bond donors (Lipinski definition) is 1. The molecule has 0 saturated heterocycles. The quantitative estimate of drug-likeness (QED) is 0.431. The van der Waals surface area contributed by atoms with Gasteiger partial charge in [-0.25, -0.2) is 8.42 Å². The van der Waals surface area contributed by atoms with Crippen molar-refractivity contribution in [2.45, 2.75) is 18.4 Å². The fourth-order valence-corrected chi connectivity index (χ4v) is 3.56. The van der Waals surface area contributed by atoms with Crippen molar-refractivity contribution in [3.05, 3.63) is 59.7 Å². The van der Waals surface area contributed by atoms with Gasteiger partial charge >= 0.3 is 5.97 Å². The van der Waals surface area contributed by atoms with Crippen LogP contribution in [0.5, 0.6) is 5.75 Å². The molecule has 0 fully saturated rings. The largest absolute Gasteiger partial charge is 0.496 e. The summed E-state index contributed by atoms with van der Waals surface area (Å²) in [6, 6.07) is 12.5. The maximum absolute atomic E-state index is 12.2. The van der Waals surface area contributed by atoms with E-state index in [9.17, 15) is 22.8 Å². The minimum absolute atomic E-state index is 0.0991. The average Bonchev–Trinajstić information content (AvgIpc) is 2.76. The van der Waals surface area contributed by atoms with E-state index in [1.54, 1.807) is 13.1 Å². The fraction of sp³-hybridized carbons (Fsp3) is 0.286. The van der Waals surface area contributed by atoms with Crippen LogP contribution in [0.1, 0.15) is 22.8 Å². The first-order chi connectivity index (χ1) is 14.6. The Morgan fingerprint density at radius 1 is 1.03 bits per heavy atom. The summed E-state index contributed by atoms with van der Waals surface area (Å²) in [7, 11) is -0.892. The first kappa shape index (κ1) is 24.0. The highest BCUT2D eigenvalue weighted by atomic mass is 32.2. The fourth-order valence-electron chi connectivity index (χ4n) is 2.59. The van der Waals surface area contributed by atoms with Gasteiger partial charge in [0, 0.05) is 24.7 Å². The lowest BCUT2D eigenvalue weighted by Gasteiger charge is -2.18. The van der Waals surface area contributed by atoms with Gasteiger partial charge in [0.1, 0.15) is 12.3 Å². The number of ether oxygens (including phenoxy) is 2. The van der Waals surface area contributed by atoms with Crippen LogP contribution in [-0.4, -0.2) is 58.3 Å². The van der Waals surface area contributed by atoms with Crippen LogP contribution in [-0.2, 0) is 30.9 Å². The number of carbonyl (C=O) groups excluding carboxylic acids is 3. The number of hydrogen-bond acceptors (Lipinski definition) is 7. The Kier molecular flexibility index (Phi) is 8.29. The Balaban J connectivity index is 1.84. The van der Waals surface area contributed by atoms with Crippen molar-refractivity contribution >= 4 is 27.7 Å². The van der Waals surface area contributed by atoms with E-state index >= 15 is 0 Å². The predicted molar refractivity (Wildman–Crippen MR) is 112 cm³/mol. The number of benzene rings is 2. The molecule has 0 saturated carbocycles. The third-order valence-electron chi connectivity index (χ3n) is 4.36. The zero-order chi connectivity index (χ0) is 23.0. The number of para-hydroxylation sites is 1. The van der Waals surface area contributed by atoms with Crippen molar-refractivity contribution < 1.29 is 32.3 Å². The van der Waals surface area contributed by atoms with Gasteiger partial charge in [0.05, 0.1) is 12.0 Å². The Bertz CT molecular complexity index is 1050. The summed E-state index contributed by atoms with van der Waals surface area (Å²) in [6.45, 7) is 0.454. The highest BCUT2D eigenvalue weighted by molar-refractivity contribution is 7.89. The van der Waals surface area contributed by atoms with Crippen molar-refractivity contribution in [1.82, 2.24) is 9.62 Å². The Morgan fingerprint density at radius 3 is 2.29 bits per heavy atom. The van der Waals surface area contributed by atoms with Crippen LogP contribution in [0.2, 0.25) is 0 Å². The number of nitrogens with zero attached hydrogens (tertiary/aromatic N) is 1. The molecule has 2 aromatic rings. The number of sulfonamides is 1. The monoisotopic (exact) mass is 448 g/mol. The summed E-state index contributed by atoms with van der Waals surface area (Å²) in [5.41, 5.74) is 1.16. The van der Waals surface area contributed by atoms with E-state index in [-0.39, 0.29) is 17.2 Å². The Hall–Kier alpha value is -3.24. The van der Waals surface area contributed by atoms with E-state index in [1.807, 2.05) is 18.2 Å². The van der Waals surface area contributed by atoms with Crippen molar-refractivity contribution in [3.63, 3.8) is 0 Å². The number of esters is 1. The normalized spacial score (nSPS) is 10.9. The molecule has 2 rings (SSSR count). The van der Waals surface area contributed by atoms with Gasteiger partial charge in [-0.3, -0.25) is 14.4 Å². The first-order valence-electron chi connectivity index (χ1n) is 9.26. The lowest BCUT2D eigenvalue weighted by molar-refractivity contribution is -0.150. The maximum atomic E-state index is 12.2. The minimum Gasteiger partial charge on any atom is -0.496 e. The van der Waals surface area contributed by atoms with Crippen molar-refractivity contribution in [2.24, 2.45) is 0 Å². The second-order valence-electron chi connectivity index (χ2n) is 6.63. The van der Waals surface area contributed by atoms with Crippen molar-refractivity contribution in [1.29, 1.82) is 0 Å². The van der Waals surface area contributed by atoms with E-state index in [0.29, 0.717) is 11.3 Å². The molecule has 10 heteroatoms. The maximum Gasteiger partial charge on any atom is 0.321 e. The highest BCUT2D eigenvalue weighted by Gasteiger charge is 2.18. The zero-order valence-electron chi connectivity index (χ0n) is 17.5. The van der Waals surface area contributed by atoms with E-state index < -0.39 is 35.1 Å². The topological polar surface area (TPSA) is 119 Å². The van der Waals surface area contributed by atoms with Crippen LogP contribution in [0, 0.1) is 0 Å². The van der Waals surface area contributed by atoms with Gasteiger partial charge in [0.15, 0.2) is 12.4 Å². The molecule has 0 aliphatic heterocycles. The molecule has 0 bridgehead atoms. The standard InChI is InChI=1S/C21H24N2O7S/c1-15(24)16-8-10-18(11-9-16)31(27,28)22-12-21(26)30-14-20(25)23(2)13-17-6-4-5-7-19(17)29-3/h4-11,22H,12-14H2,1-3H3. The summed E-state index contributed by atoms with van der Waals surface area (Å²) < 4.78 is 36.7. The molecular weight excluding hydrogens is 424 g/mol. The first-order valence-corrected chi connectivity index (χ1v) is 10.7. The molecule has 0 atom stereocenters. The number of likely N-dealkylation sites (N-methyl/N-ethyl adjacent to an activating group) is 1. The van der Waals surface area contributed by atoms with E-state index in [4.69, 9.17) is 9.47 Å². The van der Waals surface area contributed by atoms with Crippen LogP contribution < -0.4 is 9.46 Å². The van der Waals surface area contributed by atoms with E-state index in [0.717, 1.165) is 5.56 Å². The van der Waals surface area contributed by atoms with E-state index in [1.165, 1.54) is 43.2 Å². The molecule has 0 spiro atoms. The number of rotatable bonds is 10. The lowest BCUT2D eigenvalue weighted by Crippen LogP contribution is -2.34. The molecule has 0 aromatic heterocycles. The molecule has 0 heterocycles. The van der Waals surface area contributed by atoms with Crippen LogP contribution in [0.4, 0.5) is 0 Å². The number of amides is 1. The van der Waals surface area contributed by atoms with Gasteiger partial charge in [-0.1, -0.05) is 30.3 Å². The SMILES string of the molecule is COc1ccccc1CN(C)C(=O)COC(=O)CNS(=O)(=O)c1ccc(C(C)=O)cc1. The number of methoxy groups -OCH3 is 1. The van der Waals surface area contributed by atoms with Gasteiger partial charge < -0.3 is 14.4 Å². The van der Waals surface area contributed by atoms with Crippen LogP contribution in [0.3, 0.4) is 0 Å². The van der Waals surface area contributed by atoms with Crippen LogP contribution in [0.15, 0.2) is 53.4 Å². The van der Waals surface area contributed by atoms with Crippen molar-refractivity contribution in [3.8, 4) is 5.75 Å². The summed E-state index contributed by atoms with van der Waals surface area (Å²) in [5, 5.41) is 0. The van der Waals surface area contributed by atoms with Gasteiger partial charge in [-0.15, -0.1) is 0 Å². The molecule has 166 valence electrons. The molecule has 9 nitrogen and oxygen atoms in total. The van der Waals surface area contributed by atoms with Crippen LogP contribution >= 0.6 is 0 Å². The van der Waals surface area contributed by atoms with Gasteiger partial charge in [0.25, 0.3) is 5.91 Å². The number of carbonyl (C=O) groups is 3. The van der Waals surface area contributed by atoms with Gasteiger partial charge in [-0.05, 0) is 25.1 Å². The highest BCUT2D eigenvalue weighted by Crippen LogP contribution is 2.18. The van der Waals surface area contributed by atoms with Gasteiger partial charge in [0.2, 0.25) is 10.0 Å². The zero-order valence-corrected chi connectivity index (χ0v) is 18.3. The molecule has 0 aliphatic rings. The molecule has 0 aliphatic carbocycles. The average molecular weight is 448 g/mol. The molecular formula is C21H24N2O7S. The Morgan fingerprint density at radius 2 is 1.68 bits per heavy atom. The molecule has 0 radical (unpaired) electrons. The molecule has 1 amide bonds.